The van der Waals surface area contributed by atoms with E-state index in [-0.39, 0.29) is 18.0 Å². The number of nitro groups is 1. The molecule has 1 heterocycles. The fourth-order valence-corrected chi connectivity index (χ4v) is 3.85. The number of amides is 1. The summed E-state index contributed by atoms with van der Waals surface area (Å²) in [5, 5.41) is 21.8. The normalized spacial score (nSPS) is 10.5. The van der Waals surface area contributed by atoms with E-state index in [2.05, 4.69) is 15.5 Å². The van der Waals surface area contributed by atoms with E-state index in [1.165, 1.54) is 29.0 Å². The van der Waals surface area contributed by atoms with Crippen molar-refractivity contribution in [2.24, 2.45) is 0 Å². The summed E-state index contributed by atoms with van der Waals surface area (Å²) in [4.78, 5) is 22.2. The summed E-state index contributed by atoms with van der Waals surface area (Å²) in [5.74, 6) is 0.543. The van der Waals surface area contributed by atoms with Gasteiger partial charge in [0, 0.05) is 17.9 Å². The zero-order valence-electron chi connectivity index (χ0n) is 13.5. The number of rotatable bonds is 7. The van der Waals surface area contributed by atoms with Crippen LogP contribution in [-0.4, -0.2) is 21.0 Å². The molecule has 0 bridgehead atoms. The van der Waals surface area contributed by atoms with Crippen LogP contribution >= 0.6 is 23.1 Å². The second-order valence-electron chi connectivity index (χ2n) is 5.30. The first kappa shape index (κ1) is 18.0. The van der Waals surface area contributed by atoms with Gasteiger partial charge in [-0.3, -0.25) is 14.9 Å². The van der Waals surface area contributed by atoms with E-state index in [4.69, 9.17) is 0 Å². The highest BCUT2D eigenvalue weighted by Crippen LogP contribution is 2.28. The lowest BCUT2D eigenvalue weighted by Gasteiger charge is -2.01. The van der Waals surface area contributed by atoms with Crippen molar-refractivity contribution < 1.29 is 9.72 Å². The monoisotopic (exact) mass is 386 g/mol. The first-order valence-electron chi connectivity index (χ1n) is 7.63. The fraction of sp³-hybridized carbons (Fsp3) is 0.118. The molecule has 0 aliphatic rings. The number of carbonyl (C=O) groups is 1. The lowest BCUT2D eigenvalue weighted by atomic mass is 10.1. The Kier molecular flexibility index (Phi) is 5.92. The quantitative estimate of drug-likeness (QED) is 0.286. The van der Waals surface area contributed by atoms with Crippen LogP contribution in [0.4, 0.5) is 10.8 Å². The fourth-order valence-electron chi connectivity index (χ4n) is 2.12. The molecule has 9 heteroatoms. The number of nitrogens with zero attached hydrogens (tertiary/aromatic N) is 3. The number of nitrogens with one attached hydrogen (secondary N) is 1. The minimum absolute atomic E-state index is 0.00151. The van der Waals surface area contributed by atoms with E-state index in [0.717, 1.165) is 10.1 Å². The van der Waals surface area contributed by atoms with Crippen molar-refractivity contribution in [2.45, 2.75) is 16.5 Å². The van der Waals surface area contributed by atoms with Crippen molar-refractivity contribution in [3.63, 3.8) is 0 Å². The van der Waals surface area contributed by atoms with Crippen molar-refractivity contribution in [1.82, 2.24) is 10.2 Å². The van der Waals surface area contributed by atoms with Gasteiger partial charge in [-0.15, -0.1) is 10.2 Å². The molecular formula is C17H14N4O3S2. The Bertz CT molecular complexity index is 898. The minimum Gasteiger partial charge on any atom is -0.300 e. The summed E-state index contributed by atoms with van der Waals surface area (Å²) in [7, 11) is 0. The summed E-state index contributed by atoms with van der Waals surface area (Å²) < 4.78 is 0.777. The Morgan fingerprint density at radius 2 is 1.81 bits per heavy atom. The second kappa shape index (κ2) is 8.54. The average Bonchev–Trinajstić information content (AvgIpc) is 3.08. The van der Waals surface area contributed by atoms with Crippen LogP contribution in [0.15, 0.2) is 58.9 Å². The molecule has 0 aliphatic carbocycles. The summed E-state index contributed by atoms with van der Waals surface area (Å²) in [6.45, 7) is 0. The summed E-state index contributed by atoms with van der Waals surface area (Å²) >= 11 is 2.88. The summed E-state index contributed by atoms with van der Waals surface area (Å²) in [5.41, 5.74) is 1.88. The lowest BCUT2D eigenvalue weighted by Crippen LogP contribution is -2.14. The highest BCUT2D eigenvalue weighted by molar-refractivity contribution is 8.00. The van der Waals surface area contributed by atoms with Gasteiger partial charge in [0.05, 0.1) is 11.3 Å². The van der Waals surface area contributed by atoms with Crippen LogP contribution < -0.4 is 5.32 Å². The third kappa shape index (κ3) is 5.11. The van der Waals surface area contributed by atoms with Crippen molar-refractivity contribution >= 4 is 39.8 Å². The molecular weight excluding hydrogens is 372 g/mol. The minimum atomic E-state index is -0.472. The molecule has 132 valence electrons. The van der Waals surface area contributed by atoms with Crippen LogP contribution in [-0.2, 0) is 17.0 Å². The van der Waals surface area contributed by atoms with Gasteiger partial charge in [-0.1, -0.05) is 65.6 Å². The van der Waals surface area contributed by atoms with Gasteiger partial charge in [0.25, 0.3) is 5.69 Å². The first-order chi connectivity index (χ1) is 12.6. The molecule has 2 aromatic carbocycles. The van der Waals surface area contributed by atoms with E-state index >= 15 is 0 Å². The maximum absolute atomic E-state index is 12.1. The molecule has 1 N–H and O–H groups in total. The molecule has 7 nitrogen and oxygen atoms in total. The molecule has 0 atom stereocenters. The van der Waals surface area contributed by atoms with E-state index in [1.54, 1.807) is 23.9 Å². The van der Waals surface area contributed by atoms with Gasteiger partial charge >= 0.3 is 0 Å². The SMILES string of the molecule is O=C(Cc1ccc([N+](=O)[O-])cc1)Nc1nnc(SCc2ccccc2)s1. The van der Waals surface area contributed by atoms with Gasteiger partial charge in [-0.2, -0.15) is 0 Å². The van der Waals surface area contributed by atoms with Gasteiger partial charge in [-0.05, 0) is 11.1 Å². The van der Waals surface area contributed by atoms with Gasteiger partial charge in [0.2, 0.25) is 11.0 Å². The smallest absolute Gasteiger partial charge is 0.269 e. The first-order valence-corrected chi connectivity index (χ1v) is 9.44. The molecule has 3 aromatic rings. The van der Waals surface area contributed by atoms with Crippen LogP contribution in [0.3, 0.4) is 0 Å². The number of hydrogen-bond donors (Lipinski definition) is 1. The Hall–Kier alpha value is -2.78. The maximum Gasteiger partial charge on any atom is 0.269 e. The van der Waals surface area contributed by atoms with E-state index in [9.17, 15) is 14.9 Å². The topological polar surface area (TPSA) is 98.0 Å². The molecule has 0 unspecified atom stereocenters. The number of carbonyl (C=O) groups excluding carboxylic acids is 1. The van der Waals surface area contributed by atoms with Crippen LogP contribution in [0.5, 0.6) is 0 Å². The molecule has 0 fully saturated rings. The van der Waals surface area contributed by atoms with Crippen LogP contribution in [0, 0.1) is 10.1 Å². The largest absolute Gasteiger partial charge is 0.300 e. The molecule has 0 spiro atoms. The molecule has 26 heavy (non-hydrogen) atoms. The van der Waals surface area contributed by atoms with Crippen LogP contribution in [0.1, 0.15) is 11.1 Å². The van der Waals surface area contributed by atoms with Crippen molar-refractivity contribution in [2.75, 3.05) is 5.32 Å². The molecule has 0 aliphatic heterocycles. The molecule has 3 rings (SSSR count). The summed E-state index contributed by atoms with van der Waals surface area (Å²) in [6, 6.07) is 15.9. The maximum atomic E-state index is 12.1. The summed E-state index contributed by atoms with van der Waals surface area (Å²) in [6.07, 6.45) is 0.115. The zero-order chi connectivity index (χ0) is 18.4. The van der Waals surface area contributed by atoms with Gasteiger partial charge in [0.15, 0.2) is 4.34 Å². The molecule has 0 radical (unpaired) electrons. The van der Waals surface area contributed by atoms with Crippen molar-refractivity contribution in [3.8, 4) is 0 Å². The number of aromatic nitrogens is 2. The molecule has 0 saturated heterocycles. The standard InChI is InChI=1S/C17H14N4O3S2/c22-15(10-12-6-8-14(9-7-12)21(23)24)18-16-19-20-17(26-16)25-11-13-4-2-1-3-5-13/h1-9H,10-11H2,(H,18,19,22). The van der Waals surface area contributed by atoms with Gasteiger partial charge < -0.3 is 5.32 Å². The second-order valence-corrected chi connectivity index (χ2v) is 7.50. The van der Waals surface area contributed by atoms with Crippen molar-refractivity contribution in [3.05, 3.63) is 75.8 Å². The van der Waals surface area contributed by atoms with Crippen molar-refractivity contribution in [1.29, 1.82) is 0 Å². The van der Waals surface area contributed by atoms with E-state index in [1.807, 2.05) is 30.3 Å². The predicted octanol–water partition coefficient (Wildman–Crippen LogP) is 3.92. The number of non-ortho nitro benzene ring substituents is 1. The zero-order valence-corrected chi connectivity index (χ0v) is 15.1. The highest BCUT2D eigenvalue weighted by atomic mass is 32.2. The van der Waals surface area contributed by atoms with E-state index in [0.29, 0.717) is 10.7 Å². The van der Waals surface area contributed by atoms with Gasteiger partial charge in [-0.25, -0.2) is 0 Å². The molecule has 0 saturated carbocycles. The Morgan fingerprint density at radius 3 is 2.50 bits per heavy atom. The Balaban J connectivity index is 1.51. The lowest BCUT2D eigenvalue weighted by molar-refractivity contribution is -0.384. The number of anilines is 1. The predicted molar refractivity (Wildman–Crippen MR) is 101 cm³/mol. The molecule has 1 amide bonds. The van der Waals surface area contributed by atoms with Gasteiger partial charge in [0.1, 0.15) is 0 Å². The highest BCUT2D eigenvalue weighted by Gasteiger charge is 2.11. The number of thioether (sulfide) groups is 1. The Morgan fingerprint density at radius 1 is 1.08 bits per heavy atom. The van der Waals surface area contributed by atoms with Crippen LogP contribution in [0.25, 0.3) is 0 Å². The van der Waals surface area contributed by atoms with Crippen LogP contribution in [0.2, 0.25) is 0 Å². The Labute approximate surface area is 157 Å². The number of hydrogen-bond acceptors (Lipinski definition) is 7. The number of benzene rings is 2. The number of nitro benzene ring substituents is 1. The molecule has 1 aromatic heterocycles. The van der Waals surface area contributed by atoms with E-state index < -0.39 is 4.92 Å². The third-order valence-electron chi connectivity index (χ3n) is 3.37. The average molecular weight is 386 g/mol. The third-order valence-corrected chi connectivity index (χ3v) is 5.41.